The van der Waals surface area contributed by atoms with E-state index in [-0.39, 0.29) is 0 Å². The van der Waals surface area contributed by atoms with Gasteiger partial charge in [-0.2, -0.15) is 0 Å². The monoisotopic (exact) mass is 309 g/mol. The van der Waals surface area contributed by atoms with Gasteiger partial charge in [-0.15, -0.1) is 11.3 Å². The van der Waals surface area contributed by atoms with Gasteiger partial charge in [0, 0.05) is 14.2 Å². The van der Waals surface area contributed by atoms with E-state index in [4.69, 9.17) is 0 Å². The van der Waals surface area contributed by atoms with E-state index in [1.54, 1.807) is 0 Å². The van der Waals surface area contributed by atoms with Crippen LogP contribution in [0.5, 0.6) is 0 Å². The topological polar surface area (TPSA) is 12.0 Å². The molecular formula is C14H16BrNS. The molecule has 1 heterocycles. The Labute approximate surface area is 115 Å². The number of rotatable bonds is 3. The van der Waals surface area contributed by atoms with E-state index in [2.05, 4.69) is 65.4 Å². The molecule has 1 aromatic carbocycles. The standard InChI is InChI=1S/C14H16BrNS/c1-9-8-11(15)5-6-12(9)14(16-3)13-7-4-10(2)17-13/h4-8,14,16H,1-3H3. The van der Waals surface area contributed by atoms with Gasteiger partial charge in [0.1, 0.15) is 0 Å². The van der Waals surface area contributed by atoms with E-state index in [1.165, 1.54) is 20.9 Å². The van der Waals surface area contributed by atoms with E-state index < -0.39 is 0 Å². The highest BCUT2D eigenvalue weighted by molar-refractivity contribution is 9.10. The third kappa shape index (κ3) is 2.79. The third-order valence-electron chi connectivity index (χ3n) is 2.88. The Hall–Kier alpha value is -0.640. The summed E-state index contributed by atoms with van der Waals surface area (Å²) >= 11 is 5.36. The fourth-order valence-electron chi connectivity index (χ4n) is 2.02. The summed E-state index contributed by atoms with van der Waals surface area (Å²) in [4.78, 5) is 2.73. The number of benzene rings is 1. The van der Waals surface area contributed by atoms with E-state index in [0.29, 0.717) is 6.04 Å². The van der Waals surface area contributed by atoms with Crippen LogP contribution in [0.15, 0.2) is 34.8 Å². The molecule has 0 saturated heterocycles. The van der Waals surface area contributed by atoms with Crippen LogP contribution < -0.4 is 5.32 Å². The molecule has 90 valence electrons. The first kappa shape index (κ1) is 12.8. The van der Waals surface area contributed by atoms with Crippen molar-refractivity contribution >= 4 is 27.3 Å². The van der Waals surface area contributed by atoms with Crippen LogP contribution in [-0.2, 0) is 0 Å². The molecular weight excluding hydrogens is 294 g/mol. The van der Waals surface area contributed by atoms with Crippen molar-refractivity contribution in [2.45, 2.75) is 19.9 Å². The molecule has 0 amide bonds. The Morgan fingerprint density at radius 3 is 2.47 bits per heavy atom. The summed E-state index contributed by atoms with van der Waals surface area (Å²) < 4.78 is 1.14. The lowest BCUT2D eigenvalue weighted by Gasteiger charge is -2.17. The van der Waals surface area contributed by atoms with Gasteiger partial charge in [-0.25, -0.2) is 0 Å². The minimum atomic E-state index is 0.293. The minimum Gasteiger partial charge on any atom is -0.309 e. The van der Waals surface area contributed by atoms with Crippen LogP contribution in [0.25, 0.3) is 0 Å². The highest BCUT2D eigenvalue weighted by Gasteiger charge is 2.15. The molecule has 0 aliphatic rings. The molecule has 3 heteroatoms. The second-order valence-corrected chi connectivity index (χ2v) is 6.41. The lowest BCUT2D eigenvalue weighted by atomic mass is 10.0. The zero-order valence-corrected chi connectivity index (χ0v) is 12.7. The van der Waals surface area contributed by atoms with Gasteiger partial charge < -0.3 is 5.32 Å². The van der Waals surface area contributed by atoms with Crippen LogP contribution in [0, 0.1) is 13.8 Å². The van der Waals surface area contributed by atoms with Gasteiger partial charge in [-0.05, 0) is 56.3 Å². The molecule has 0 spiro atoms. The maximum Gasteiger partial charge on any atom is 0.0671 e. The van der Waals surface area contributed by atoms with Crippen molar-refractivity contribution in [3.63, 3.8) is 0 Å². The summed E-state index contributed by atoms with van der Waals surface area (Å²) in [5.74, 6) is 0. The fourth-order valence-corrected chi connectivity index (χ4v) is 3.50. The molecule has 0 radical (unpaired) electrons. The zero-order chi connectivity index (χ0) is 12.4. The summed E-state index contributed by atoms with van der Waals surface area (Å²) in [6.07, 6.45) is 0. The summed E-state index contributed by atoms with van der Waals surface area (Å²) in [7, 11) is 2.02. The van der Waals surface area contributed by atoms with Gasteiger partial charge in [0.05, 0.1) is 6.04 Å². The Kier molecular flexibility index (Phi) is 4.02. The Morgan fingerprint density at radius 2 is 1.94 bits per heavy atom. The van der Waals surface area contributed by atoms with Gasteiger partial charge in [0.25, 0.3) is 0 Å². The molecule has 0 bridgehead atoms. The maximum atomic E-state index is 3.51. The van der Waals surface area contributed by atoms with Crippen LogP contribution in [0.1, 0.15) is 26.9 Å². The zero-order valence-electron chi connectivity index (χ0n) is 10.3. The van der Waals surface area contributed by atoms with Crippen molar-refractivity contribution in [3.05, 3.63) is 55.7 Å². The van der Waals surface area contributed by atoms with Crippen molar-refractivity contribution in [2.75, 3.05) is 7.05 Å². The van der Waals surface area contributed by atoms with Crippen LogP contribution in [0.4, 0.5) is 0 Å². The number of halogens is 1. The Morgan fingerprint density at radius 1 is 1.18 bits per heavy atom. The molecule has 1 aromatic heterocycles. The van der Waals surface area contributed by atoms with E-state index in [9.17, 15) is 0 Å². The predicted molar refractivity (Wildman–Crippen MR) is 78.8 cm³/mol. The first-order chi connectivity index (χ1) is 8.11. The average Bonchev–Trinajstić information content (AvgIpc) is 2.69. The number of nitrogens with one attached hydrogen (secondary N) is 1. The molecule has 2 rings (SSSR count). The summed E-state index contributed by atoms with van der Waals surface area (Å²) in [5.41, 5.74) is 2.65. The molecule has 2 aromatic rings. The Balaban J connectivity index is 2.42. The number of thiophene rings is 1. The van der Waals surface area contributed by atoms with Gasteiger partial charge in [-0.1, -0.05) is 22.0 Å². The van der Waals surface area contributed by atoms with Crippen LogP contribution in [-0.4, -0.2) is 7.05 Å². The van der Waals surface area contributed by atoms with Crippen molar-refractivity contribution in [1.29, 1.82) is 0 Å². The number of aryl methyl sites for hydroxylation is 2. The smallest absolute Gasteiger partial charge is 0.0671 e. The van der Waals surface area contributed by atoms with Crippen LogP contribution >= 0.6 is 27.3 Å². The quantitative estimate of drug-likeness (QED) is 0.884. The predicted octanol–water partition coefficient (Wildman–Crippen LogP) is 4.44. The highest BCUT2D eigenvalue weighted by Crippen LogP contribution is 2.30. The van der Waals surface area contributed by atoms with Crippen LogP contribution in [0.2, 0.25) is 0 Å². The van der Waals surface area contributed by atoms with E-state index in [0.717, 1.165) is 4.47 Å². The largest absolute Gasteiger partial charge is 0.309 e. The average molecular weight is 310 g/mol. The lowest BCUT2D eigenvalue weighted by molar-refractivity contribution is 0.699. The summed E-state index contributed by atoms with van der Waals surface area (Å²) in [6, 6.07) is 11.1. The molecule has 1 unspecified atom stereocenters. The molecule has 1 atom stereocenters. The van der Waals surface area contributed by atoms with Crippen molar-refractivity contribution in [1.82, 2.24) is 5.32 Å². The molecule has 0 aliphatic carbocycles. The second-order valence-electron chi connectivity index (χ2n) is 4.17. The van der Waals surface area contributed by atoms with Gasteiger partial charge >= 0.3 is 0 Å². The molecule has 0 aliphatic heterocycles. The van der Waals surface area contributed by atoms with Crippen molar-refractivity contribution in [2.24, 2.45) is 0 Å². The molecule has 17 heavy (non-hydrogen) atoms. The van der Waals surface area contributed by atoms with E-state index >= 15 is 0 Å². The van der Waals surface area contributed by atoms with E-state index in [1.807, 2.05) is 18.4 Å². The molecule has 0 saturated carbocycles. The minimum absolute atomic E-state index is 0.293. The molecule has 1 nitrogen and oxygen atoms in total. The normalized spacial score (nSPS) is 12.7. The Bertz CT molecular complexity index is 519. The first-order valence-electron chi connectivity index (χ1n) is 5.61. The summed E-state index contributed by atoms with van der Waals surface area (Å²) in [6.45, 7) is 4.31. The summed E-state index contributed by atoms with van der Waals surface area (Å²) in [5, 5.41) is 3.40. The SMILES string of the molecule is CNC(c1ccc(C)s1)c1ccc(Br)cc1C. The number of hydrogen-bond donors (Lipinski definition) is 1. The van der Waals surface area contributed by atoms with Gasteiger partial charge in [0.15, 0.2) is 0 Å². The van der Waals surface area contributed by atoms with Gasteiger partial charge in [-0.3, -0.25) is 0 Å². The third-order valence-corrected chi connectivity index (χ3v) is 4.44. The highest BCUT2D eigenvalue weighted by atomic mass is 79.9. The van der Waals surface area contributed by atoms with Crippen molar-refractivity contribution in [3.8, 4) is 0 Å². The fraction of sp³-hybridized carbons (Fsp3) is 0.286. The van der Waals surface area contributed by atoms with Gasteiger partial charge in [0.2, 0.25) is 0 Å². The first-order valence-corrected chi connectivity index (χ1v) is 7.22. The van der Waals surface area contributed by atoms with Crippen LogP contribution in [0.3, 0.4) is 0 Å². The van der Waals surface area contributed by atoms with Crippen molar-refractivity contribution < 1.29 is 0 Å². The maximum absolute atomic E-state index is 3.51. The second kappa shape index (κ2) is 5.34. The molecule has 0 fully saturated rings. The lowest BCUT2D eigenvalue weighted by Crippen LogP contribution is -2.17. The number of hydrogen-bond acceptors (Lipinski definition) is 2. The molecule has 1 N–H and O–H groups in total.